The standard InChI is InChI=1S/C10H19N3.C2H6/c1-9(2)10-5-6-11-13(10)8-7-12(3)4;1-2/h5-6,9H,7-8H2,1-4H3;1-2H3. The fourth-order valence-electron chi connectivity index (χ4n) is 1.31. The average molecular weight is 211 g/mol. The van der Waals surface area contributed by atoms with Crippen molar-refractivity contribution in [2.24, 2.45) is 0 Å². The molecule has 15 heavy (non-hydrogen) atoms. The first-order chi connectivity index (χ1) is 7.11. The Morgan fingerprint density at radius 2 is 1.93 bits per heavy atom. The highest BCUT2D eigenvalue weighted by Crippen LogP contribution is 2.12. The minimum absolute atomic E-state index is 0.560. The Hall–Kier alpha value is -0.830. The highest BCUT2D eigenvalue weighted by Gasteiger charge is 2.05. The summed E-state index contributed by atoms with van der Waals surface area (Å²) in [4.78, 5) is 2.17. The summed E-state index contributed by atoms with van der Waals surface area (Å²) in [6, 6.07) is 2.10. The molecule has 1 heterocycles. The molecule has 3 heteroatoms. The molecule has 1 aromatic rings. The van der Waals surface area contributed by atoms with Gasteiger partial charge in [-0.3, -0.25) is 4.68 Å². The lowest BCUT2D eigenvalue weighted by Crippen LogP contribution is -2.20. The van der Waals surface area contributed by atoms with Crippen molar-refractivity contribution >= 4 is 0 Å². The number of rotatable bonds is 4. The number of likely N-dealkylation sites (N-methyl/N-ethyl adjacent to an activating group) is 1. The first kappa shape index (κ1) is 14.2. The van der Waals surface area contributed by atoms with E-state index in [0.717, 1.165) is 13.1 Å². The molecule has 0 aliphatic carbocycles. The Morgan fingerprint density at radius 3 is 2.40 bits per heavy atom. The van der Waals surface area contributed by atoms with Gasteiger partial charge in [0.25, 0.3) is 0 Å². The molecular formula is C12H25N3. The highest BCUT2D eigenvalue weighted by atomic mass is 15.3. The summed E-state index contributed by atoms with van der Waals surface area (Å²) in [5.74, 6) is 0.560. The minimum Gasteiger partial charge on any atom is -0.308 e. The Morgan fingerprint density at radius 1 is 1.33 bits per heavy atom. The summed E-state index contributed by atoms with van der Waals surface area (Å²) >= 11 is 0. The van der Waals surface area contributed by atoms with Crippen molar-refractivity contribution in [1.29, 1.82) is 0 Å². The van der Waals surface area contributed by atoms with Gasteiger partial charge >= 0.3 is 0 Å². The van der Waals surface area contributed by atoms with E-state index in [1.54, 1.807) is 0 Å². The largest absolute Gasteiger partial charge is 0.308 e. The normalized spacial score (nSPS) is 10.4. The monoisotopic (exact) mass is 211 g/mol. The second kappa shape index (κ2) is 7.46. The van der Waals surface area contributed by atoms with Crippen molar-refractivity contribution in [3.8, 4) is 0 Å². The average Bonchev–Trinajstić information content (AvgIpc) is 2.65. The molecule has 0 unspecified atom stereocenters. The van der Waals surface area contributed by atoms with Crippen LogP contribution in [0.2, 0.25) is 0 Å². The van der Waals surface area contributed by atoms with Crippen molar-refractivity contribution in [3.05, 3.63) is 18.0 Å². The molecule has 0 fully saturated rings. The van der Waals surface area contributed by atoms with Gasteiger partial charge < -0.3 is 4.90 Å². The molecule has 3 nitrogen and oxygen atoms in total. The van der Waals surface area contributed by atoms with E-state index in [0.29, 0.717) is 5.92 Å². The molecular weight excluding hydrogens is 186 g/mol. The molecule has 0 amide bonds. The fraction of sp³-hybridized carbons (Fsp3) is 0.750. The van der Waals surface area contributed by atoms with Crippen molar-refractivity contribution in [2.45, 2.75) is 40.2 Å². The zero-order valence-electron chi connectivity index (χ0n) is 11.0. The van der Waals surface area contributed by atoms with Gasteiger partial charge in [0.2, 0.25) is 0 Å². The van der Waals surface area contributed by atoms with Gasteiger partial charge in [-0.05, 0) is 26.1 Å². The maximum Gasteiger partial charge on any atom is 0.0539 e. The SMILES string of the molecule is CC.CC(C)c1ccnn1CCN(C)C. The van der Waals surface area contributed by atoms with Crippen LogP contribution in [0, 0.1) is 0 Å². The van der Waals surface area contributed by atoms with Gasteiger partial charge in [-0.25, -0.2) is 0 Å². The van der Waals surface area contributed by atoms with Crippen LogP contribution in [-0.4, -0.2) is 35.3 Å². The van der Waals surface area contributed by atoms with Crippen LogP contribution < -0.4 is 0 Å². The van der Waals surface area contributed by atoms with Crippen LogP contribution in [0.3, 0.4) is 0 Å². The van der Waals surface area contributed by atoms with Crippen molar-refractivity contribution in [2.75, 3.05) is 20.6 Å². The zero-order valence-corrected chi connectivity index (χ0v) is 11.0. The zero-order chi connectivity index (χ0) is 11.8. The van der Waals surface area contributed by atoms with Crippen LogP contribution in [0.25, 0.3) is 0 Å². The molecule has 0 atom stereocenters. The van der Waals surface area contributed by atoms with Crippen LogP contribution in [0.1, 0.15) is 39.3 Å². The van der Waals surface area contributed by atoms with Gasteiger partial charge in [0.05, 0.1) is 6.54 Å². The third kappa shape index (κ3) is 4.98. The molecule has 0 N–H and O–H groups in total. The van der Waals surface area contributed by atoms with Crippen molar-refractivity contribution in [1.82, 2.24) is 14.7 Å². The van der Waals surface area contributed by atoms with Gasteiger partial charge in [0, 0.05) is 18.4 Å². The molecule has 88 valence electrons. The highest BCUT2D eigenvalue weighted by molar-refractivity contribution is 5.05. The smallest absolute Gasteiger partial charge is 0.0539 e. The third-order valence-electron chi connectivity index (χ3n) is 2.10. The van der Waals surface area contributed by atoms with Gasteiger partial charge in [-0.2, -0.15) is 5.10 Å². The summed E-state index contributed by atoms with van der Waals surface area (Å²) in [5.41, 5.74) is 1.32. The van der Waals surface area contributed by atoms with Crippen molar-refractivity contribution < 1.29 is 0 Å². The van der Waals surface area contributed by atoms with E-state index in [-0.39, 0.29) is 0 Å². The predicted octanol–water partition coefficient (Wildman–Crippen LogP) is 2.59. The van der Waals surface area contributed by atoms with Crippen LogP contribution in [0.5, 0.6) is 0 Å². The molecule has 1 rings (SSSR count). The second-order valence-electron chi connectivity index (χ2n) is 3.94. The van der Waals surface area contributed by atoms with Gasteiger partial charge in [-0.1, -0.05) is 27.7 Å². The van der Waals surface area contributed by atoms with Gasteiger partial charge in [0.15, 0.2) is 0 Å². The van der Waals surface area contributed by atoms with E-state index in [2.05, 4.69) is 48.7 Å². The fourth-order valence-corrected chi connectivity index (χ4v) is 1.31. The Kier molecular flexibility index (Phi) is 7.05. The van der Waals surface area contributed by atoms with E-state index < -0.39 is 0 Å². The van der Waals surface area contributed by atoms with Crippen LogP contribution in [0.15, 0.2) is 12.3 Å². The minimum atomic E-state index is 0.560. The summed E-state index contributed by atoms with van der Waals surface area (Å²) in [6.45, 7) is 10.4. The number of hydrogen-bond acceptors (Lipinski definition) is 2. The second-order valence-corrected chi connectivity index (χ2v) is 3.94. The molecule has 0 saturated carbocycles. The molecule has 0 aliphatic heterocycles. The van der Waals surface area contributed by atoms with Crippen LogP contribution in [-0.2, 0) is 6.54 Å². The predicted molar refractivity (Wildman–Crippen MR) is 66.2 cm³/mol. The third-order valence-corrected chi connectivity index (χ3v) is 2.10. The van der Waals surface area contributed by atoms with E-state index in [9.17, 15) is 0 Å². The van der Waals surface area contributed by atoms with E-state index in [1.807, 2.05) is 20.0 Å². The number of nitrogens with zero attached hydrogens (tertiary/aromatic N) is 3. The van der Waals surface area contributed by atoms with Crippen LogP contribution >= 0.6 is 0 Å². The van der Waals surface area contributed by atoms with E-state index in [4.69, 9.17) is 0 Å². The summed E-state index contributed by atoms with van der Waals surface area (Å²) in [5, 5.41) is 4.30. The first-order valence-electron chi connectivity index (χ1n) is 5.77. The summed E-state index contributed by atoms with van der Waals surface area (Å²) in [7, 11) is 4.16. The van der Waals surface area contributed by atoms with E-state index in [1.165, 1.54) is 5.69 Å². The quantitative estimate of drug-likeness (QED) is 0.763. The summed E-state index contributed by atoms with van der Waals surface area (Å²) < 4.78 is 2.09. The Balaban J connectivity index is 0.000000921. The number of hydrogen-bond donors (Lipinski definition) is 0. The van der Waals surface area contributed by atoms with Crippen molar-refractivity contribution in [3.63, 3.8) is 0 Å². The van der Waals surface area contributed by atoms with E-state index >= 15 is 0 Å². The first-order valence-corrected chi connectivity index (χ1v) is 5.77. The van der Waals surface area contributed by atoms with Crippen LogP contribution in [0.4, 0.5) is 0 Å². The number of aromatic nitrogens is 2. The van der Waals surface area contributed by atoms with Gasteiger partial charge in [0.1, 0.15) is 0 Å². The molecule has 0 spiro atoms. The Bertz CT molecular complexity index is 251. The maximum atomic E-state index is 4.30. The lowest BCUT2D eigenvalue weighted by atomic mass is 10.1. The van der Waals surface area contributed by atoms with Gasteiger partial charge in [-0.15, -0.1) is 0 Å². The maximum absolute atomic E-state index is 4.30. The molecule has 0 saturated heterocycles. The lowest BCUT2D eigenvalue weighted by Gasteiger charge is -2.13. The topological polar surface area (TPSA) is 21.1 Å². The molecule has 0 radical (unpaired) electrons. The lowest BCUT2D eigenvalue weighted by molar-refractivity contribution is 0.368. The summed E-state index contributed by atoms with van der Waals surface area (Å²) in [6.07, 6.45) is 1.88. The molecule has 0 aliphatic rings. The molecule has 1 aromatic heterocycles. The Labute approximate surface area is 94.1 Å². The molecule has 0 bridgehead atoms. The molecule has 0 aromatic carbocycles.